The van der Waals surface area contributed by atoms with Gasteiger partial charge in [0, 0.05) is 5.69 Å². The standard InChI is InChI=1S/C12H7ClF3NO2/c13-10-2-1-8(5-9(10)12(14,15)16)17-11(18)7-3-4-19-6-7/h1-6H,(H,17,18). The average Bonchev–Trinajstić information content (AvgIpc) is 2.83. The van der Waals surface area contributed by atoms with E-state index in [2.05, 4.69) is 5.32 Å². The largest absolute Gasteiger partial charge is 0.472 e. The molecule has 0 bridgehead atoms. The molecule has 0 saturated carbocycles. The summed E-state index contributed by atoms with van der Waals surface area (Å²) in [5.41, 5.74) is -0.786. The molecule has 100 valence electrons. The quantitative estimate of drug-likeness (QED) is 0.900. The summed E-state index contributed by atoms with van der Waals surface area (Å²) in [6, 6.07) is 4.54. The maximum absolute atomic E-state index is 12.6. The molecule has 1 aromatic heterocycles. The summed E-state index contributed by atoms with van der Waals surface area (Å²) in [5.74, 6) is -0.566. The van der Waals surface area contributed by atoms with E-state index in [1.54, 1.807) is 0 Å². The molecule has 0 atom stereocenters. The Bertz CT molecular complexity index is 594. The zero-order chi connectivity index (χ0) is 14.0. The fourth-order valence-corrected chi connectivity index (χ4v) is 1.64. The van der Waals surface area contributed by atoms with Crippen LogP contribution in [0.5, 0.6) is 0 Å². The lowest BCUT2D eigenvalue weighted by Gasteiger charge is -2.11. The Kier molecular flexibility index (Phi) is 3.53. The zero-order valence-corrected chi connectivity index (χ0v) is 10.0. The highest BCUT2D eigenvalue weighted by Gasteiger charge is 2.33. The molecular weight excluding hydrogens is 283 g/mol. The van der Waals surface area contributed by atoms with Gasteiger partial charge in [0.2, 0.25) is 0 Å². The number of carbonyl (C=O) groups excluding carboxylic acids is 1. The molecule has 1 amide bonds. The Balaban J connectivity index is 2.25. The molecule has 0 fully saturated rings. The van der Waals surface area contributed by atoms with E-state index in [1.807, 2.05) is 0 Å². The van der Waals surface area contributed by atoms with Crippen LogP contribution in [-0.2, 0) is 6.18 Å². The second-order valence-electron chi connectivity index (χ2n) is 3.66. The average molecular weight is 290 g/mol. The van der Waals surface area contributed by atoms with Gasteiger partial charge in [-0.25, -0.2) is 0 Å². The van der Waals surface area contributed by atoms with Gasteiger partial charge in [0.05, 0.1) is 22.4 Å². The summed E-state index contributed by atoms with van der Waals surface area (Å²) in [6.07, 6.45) is -2.10. The molecule has 1 heterocycles. The Morgan fingerprint density at radius 2 is 2.00 bits per heavy atom. The van der Waals surface area contributed by atoms with Crippen molar-refractivity contribution in [2.75, 3.05) is 5.32 Å². The fraction of sp³-hybridized carbons (Fsp3) is 0.0833. The van der Waals surface area contributed by atoms with Crippen molar-refractivity contribution in [2.45, 2.75) is 6.18 Å². The van der Waals surface area contributed by atoms with Crippen LogP contribution >= 0.6 is 11.6 Å². The number of benzene rings is 1. The summed E-state index contributed by atoms with van der Waals surface area (Å²) in [4.78, 5) is 11.6. The predicted octanol–water partition coefficient (Wildman–Crippen LogP) is 4.20. The van der Waals surface area contributed by atoms with Gasteiger partial charge in [-0.1, -0.05) is 11.6 Å². The van der Waals surface area contributed by atoms with Crippen LogP contribution in [0.2, 0.25) is 5.02 Å². The first-order chi connectivity index (χ1) is 8.88. The van der Waals surface area contributed by atoms with Gasteiger partial charge in [0.1, 0.15) is 6.26 Å². The smallest absolute Gasteiger partial charge is 0.417 e. The first-order valence-electron chi connectivity index (χ1n) is 5.08. The van der Waals surface area contributed by atoms with Crippen molar-refractivity contribution in [3.8, 4) is 0 Å². The normalized spacial score (nSPS) is 11.4. The molecule has 1 N–H and O–H groups in total. The molecule has 2 rings (SSSR count). The van der Waals surface area contributed by atoms with E-state index in [-0.39, 0.29) is 11.3 Å². The third-order valence-electron chi connectivity index (χ3n) is 2.31. The number of amides is 1. The molecule has 0 radical (unpaired) electrons. The van der Waals surface area contributed by atoms with Crippen molar-refractivity contribution in [2.24, 2.45) is 0 Å². The number of carbonyl (C=O) groups is 1. The highest BCUT2D eigenvalue weighted by molar-refractivity contribution is 6.31. The Hall–Kier alpha value is -1.95. The second kappa shape index (κ2) is 4.97. The number of furan rings is 1. The molecule has 7 heteroatoms. The molecule has 2 aromatic rings. The Morgan fingerprint density at radius 1 is 1.26 bits per heavy atom. The van der Waals surface area contributed by atoms with Crippen molar-refractivity contribution in [1.29, 1.82) is 0 Å². The molecule has 0 spiro atoms. The minimum atomic E-state index is -4.58. The van der Waals surface area contributed by atoms with Gasteiger partial charge in [0.15, 0.2) is 0 Å². The van der Waals surface area contributed by atoms with Crippen molar-refractivity contribution in [3.05, 3.63) is 52.9 Å². The van der Waals surface area contributed by atoms with Crippen LogP contribution < -0.4 is 5.32 Å². The number of rotatable bonds is 2. The molecule has 0 aliphatic rings. The van der Waals surface area contributed by atoms with E-state index in [1.165, 1.54) is 24.7 Å². The lowest BCUT2D eigenvalue weighted by Crippen LogP contribution is -2.12. The van der Waals surface area contributed by atoms with Crippen LogP contribution in [0, 0.1) is 0 Å². The van der Waals surface area contributed by atoms with Crippen LogP contribution in [0.3, 0.4) is 0 Å². The van der Waals surface area contributed by atoms with Crippen molar-refractivity contribution >= 4 is 23.2 Å². The number of halogens is 4. The maximum atomic E-state index is 12.6. The number of anilines is 1. The van der Waals surface area contributed by atoms with Gasteiger partial charge in [-0.3, -0.25) is 4.79 Å². The number of alkyl halides is 3. The minimum absolute atomic E-state index is 0.00271. The Morgan fingerprint density at radius 3 is 2.58 bits per heavy atom. The lowest BCUT2D eigenvalue weighted by atomic mass is 10.2. The number of nitrogens with one attached hydrogen (secondary N) is 1. The fourth-order valence-electron chi connectivity index (χ4n) is 1.42. The van der Waals surface area contributed by atoms with Crippen LogP contribution in [0.25, 0.3) is 0 Å². The van der Waals surface area contributed by atoms with Crippen LogP contribution in [0.1, 0.15) is 15.9 Å². The molecule has 1 aromatic carbocycles. The van der Waals surface area contributed by atoms with E-state index in [9.17, 15) is 18.0 Å². The summed E-state index contributed by atoms with van der Waals surface area (Å²) in [5, 5.41) is 1.90. The predicted molar refractivity (Wildman–Crippen MR) is 63.1 cm³/mol. The van der Waals surface area contributed by atoms with E-state index in [0.29, 0.717) is 0 Å². The molecular formula is C12H7ClF3NO2. The number of hydrogen-bond donors (Lipinski definition) is 1. The molecule has 0 aliphatic heterocycles. The van der Waals surface area contributed by atoms with Crippen molar-refractivity contribution in [3.63, 3.8) is 0 Å². The van der Waals surface area contributed by atoms with E-state index >= 15 is 0 Å². The van der Waals surface area contributed by atoms with Crippen LogP contribution in [0.15, 0.2) is 41.2 Å². The topological polar surface area (TPSA) is 42.2 Å². The van der Waals surface area contributed by atoms with Gasteiger partial charge < -0.3 is 9.73 Å². The first-order valence-corrected chi connectivity index (χ1v) is 5.46. The zero-order valence-electron chi connectivity index (χ0n) is 9.29. The minimum Gasteiger partial charge on any atom is -0.472 e. The molecule has 3 nitrogen and oxygen atoms in total. The summed E-state index contributed by atoms with van der Waals surface area (Å²) < 4.78 is 42.6. The molecule has 0 unspecified atom stereocenters. The summed E-state index contributed by atoms with van der Waals surface area (Å²) in [6.45, 7) is 0. The summed E-state index contributed by atoms with van der Waals surface area (Å²) >= 11 is 5.47. The van der Waals surface area contributed by atoms with Crippen LogP contribution in [-0.4, -0.2) is 5.91 Å². The third-order valence-corrected chi connectivity index (χ3v) is 2.64. The third kappa shape index (κ3) is 3.08. The van der Waals surface area contributed by atoms with E-state index < -0.39 is 22.7 Å². The second-order valence-corrected chi connectivity index (χ2v) is 4.07. The van der Waals surface area contributed by atoms with Gasteiger partial charge >= 0.3 is 6.18 Å². The first kappa shape index (κ1) is 13.5. The Labute approximate surface area is 111 Å². The SMILES string of the molecule is O=C(Nc1ccc(Cl)c(C(F)(F)F)c1)c1ccoc1. The van der Waals surface area contributed by atoms with Gasteiger partial charge in [-0.2, -0.15) is 13.2 Å². The van der Waals surface area contributed by atoms with Crippen molar-refractivity contribution < 1.29 is 22.4 Å². The van der Waals surface area contributed by atoms with Crippen LogP contribution in [0.4, 0.5) is 18.9 Å². The molecule has 0 saturated heterocycles. The van der Waals surface area contributed by atoms with Gasteiger partial charge in [-0.15, -0.1) is 0 Å². The summed E-state index contributed by atoms with van der Waals surface area (Å²) in [7, 11) is 0. The number of hydrogen-bond acceptors (Lipinski definition) is 2. The van der Waals surface area contributed by atoms with Gasteiger partial charge in [0.25, 0.3) is 5.91 Å². The van der Waals surface area contributed by atoms with E-state index in [0.717, 1.165) is 12.1 Å². The maximum Gasteiger partial charge on any atom is 0.417 e. The van der Waals surface area contributed by atoms with Gasteiger partial charge in [-0.05, 0) is 24.3 Å². The molecule has 19 heavy (non-hydrogen) atoms. The highest BCUT2D eigenvalue weighted by atomic mass is 35.5. The monoisotopic (exact) mass is 289 g/mol. The van der Waals surface area contributed by atoms with Crippen molar-refractivity contribution in [1.82, 2.24) is 0 Å². The highest BCUT2D eigenvalue weighted by Crippen LogP contribution is 2.36. The lowest BCUT2D eigenvalue weighted by molar-refractivity contribution is -0.137. The van der Waals surface area contributed by atoms with E-state index in [4.69, 9.17) is 16.0 Å². The molecule has 0 aliphatic carbocycles.